The van der Waals surface area contributed by atoms with E-state index >= 15 is 0 Å². The number of piperidine rings is 1. The van der Waals surface area contributed by atoms with E-state index in [1.54, 1.807) is 14.2 Å². The van der Waals surface area contributed by atoms with Crippen LogP contribution >= 0.6 is 0 Å². The zero-order valence-electron chi connectivity index (χ0n) is 16.8. The van der Waals surface area contributed by atoms with E-state index < -0.39 is 0 Å². The minimum atomic E-state index is 0.471. The molecule has 1 saturated heterocycles. The molecule has 1 aliphatic heterocycles. The molecule has 0 bridgehead atoms. The third-order valence-corrected chi connectivity index (χ3v) is 4.94. The van der Waals surface area contributed by atoms with E-state index in [0.29, 0.717) is 18.7 Å². The molecule has 0 radical (unpaired) electrons. The lowest BCUT2D eigenvalue weighted by Gasteiger charge is -2.38. The van der Waals surface area contributed by atoms with E-state index in [9.17, 15) is 0 Å². The first kappa shape index (κ1) is 20.4. The van der Waals surface area contributed by atoms with Crippen LogP contribution in [0.1, 0.15) is 40.0 Å². The Morgan fingerprint density at radius 2 is 2.15 bits per heavy atom. The molecule has 2 N–H and O–H groups in total. The third-order valence-electron chi connectivity index (χ3n) is 4.94. The van der Waals surface area contributed by atoms with Gasteiger partial charge in [-0.3, -0.25) is 9.89 Å². The molecule has 6 nitrogen and oxygen atoms in total. The summed E-state index contributed by atoms with van der Waals surface area (Å²) < 4.78 is 11.0. The summed E-state index contributed by atoms with van der Waals surface area (Å²) in [5.74, 6) is 2.22. The Morgan fingerprint density at radius 3 is 2.81 bits per heavy atom. The number of anilines is 1. The molecule has 6 heteroatoms. The Kier molecular flexibility index (Phi) is 8.04. The van der Waals surface area contributed by atoms with Gasteiger partial charge < -0.3 is 20.1 Å². The fourth-order valence-electron chi connectivity index (χ4n) is 3.48. The fraction of sp³-hybridized carbons (Fsp3) is 0.650. The zero-order valence-corrected chi connectivity index (χ0v) is 16.8. The van der Waals surface area contributed by atoms with Gasteiger partial charge in [-0.25, -0.2) is 0 Å². The lowest BCUT2D eigenvalue weighted by Crippen LogP contribution is -2.49. The molecule has 1 aliphatic rings. The second-order valence-electron chi connectivity index (χ2n) is 6.81. The number of guanidine groups is 1. The summed E-state index contributed by atoms with van der Waals surface area (Å²) in [5.41, 5.74) is 0.918. The van der Waals surface area contributed by atoms with Crippen molar-refractivity contribution in [3.05, 3.63) is 18.2 Å². The number of nitrogens with one attached hydrogen (secondary N) is 2. The minimum absolute atomic E-state index is 0.471. The zero-order chi connectivity index (χ0) is 18.9. The van der Waals surface area contributed by atoms with Crippen LogP contribution in [0.25, 0.3) is 0 Å². The highest BCUT2D eigenvalue weighted by atomic mass is 16.5. The Labute approximate surface area is 158 Å². The second kappa shape index (κ2) is 10.3. The maximum atomic E-state index is 5.64. The quantitative estimate of drug-likeness (QED) is 0.575. The summed E-state index contributed by atoms with van der Waals surface area (Å²) in [4.78, 5) is 6.93. The first-order chi connectivity index (χ1) is 12.6. The average molecular weight is 363 g/mol. The topological polar surface area (TPSA) is 58.1 Å². The number of nitrogens with zero attached hydrogens (tertiary/aromatic N) is 2. The number of likely N-dealkylation sites (tertiary alicyclic amines) is 1. The number of aliphatic imine (C=N–C) groups is 1. The molecule has 1 heterocycles. The van der Waals surface area contributed by atoms with Crippen LogP contribution in [-0.2, 0) is 0 Å². The Bertz CT molecular complexity index is 591. The van der Waals surface area contributed by atoms with Crippen molar-refractivity contribution >= 4 is 11.6 Å². The monoisotopic (exact) mass is 362 g/mol. The predicted octanol–water partition coefficient (Wildman–Crippen LogP) is 3.34. The molecule has 1 fully saturated rings. The van der Waals surface area contributed by atoms with Crippen LogP contribution in [0.4, 0.5) is 5.69 Å². The van der Waals surface area contributed by atoms with E-state index in [2.05, 4.69) is 34.4 Å². The fourth-order valence-corrected chi connectivity index (χ4v) is 3.48. The maximum Gasteiger partial charge on any atom is 0.195 e. The van der Waals surface area contributed by atoms with Gasteiger partial charge in [-0.2, -0.15) is 0 Å². The lowest BCUT2D eigenvalue weighted by atomic mass is 10.0. The van der Waals surface area contributed by atoms with Crippen LogP contribution in [-0.4, -0.2) is 56.8 Å². The molecule has 26 heavy (non-hydrogen) atoms. The van der Waals surface area contributed by atoms with E-state index in [-0.39, 0.29) is 0 Å². The number of benzene rings is 1. The van der Waals surface area contributed by atoms with Gasteiger partial charge in [0.05, 0.1) is 13.7 Å². The van der Waals surface area contributed by atoms with Gasteiger partial charge in [0.1, 0.15) is 0 Å². The Morgan fingerprint density at radius 1 is 1.35 bits per heavy atom. The van der Waals surface area contributed by atoms with Crippen molar-refractivity contribution in [1.82, 2.24) is 10.2 Å². The van der Waals surface area contributed by atoms with E-state index in [1.165, 1.54) is 25.8 Å². The normalized spacial score (nSPS) is 19.7. The van der Waals surface area contributed by atoms with Crippen LogP contribution in [0.5, 0.6) is 11.5 Å². The number of rotatable bonds is 7. The SMILES string of the molecule is CCOc1cc(NC(=NC)NCC(C)N2CCCCC2C)ccc1OC. The summed E-state index contributed by atoms with van der Waals surface area (Å²) in [6.45, 7) is 9.21. The summed E-state index contributed by atoms with van der Waals surface area (Å²) in [6, 6.07) is 6.93. The van der Waals surface area contributed by atoms with Gasteiger partial charge in [0, 0.05) is 37.4 Å². The first-order valence-electron chi connectivity index (χ1n) is 9.63. The van der Waals surface area contributed by atoms with E-state index in [1.807, 2.05) is 25.1 Å². The molecule has 2 atom stereocenters. The molecule has 2 rings (SSSR count). The molecule has 0 spiro atoms. The summed E-state index contributed by atoms with van der Waals surface area (Å²) >= 11 is 0. The van der Waals surface area contributed by atoms with Crippen LogP contribution < -0.4 is 20.1 Å². The van der Waals surface area contributed by atoms with E-state index in [0.717, 1.165) is 29.7 Å². The van der Waals surface area contributed by atoms with Crippen molar-refractivity contribution < 1.29 is 9.47 Å². The Hall–Kier alpha value is -1.95. The van der Waals surface area contributed by atoms with Gasteiger partial charge in [0.25, 0.3) is 0 Å². The first-order valence-corrected chi connectivity index (χ1v) is 9.63. The van der Waals surface area contributed by atoms with Crippen molar-refractivity contribution in [3.63, 3.8) is 0 Å². The molecule has 146 valence electrons. The van der Waals surface area contributed by atoms with Gasteiger partial charge in [-0.1, -0.05) is 6.42 Å². The standard InChI is InChI=1S/C20H34N4O2/c1-6-26-19-13-17(10-11-18(19)25-5)23-20(21-4)22-14-16(3)24-12-8-7-9-15(24)2/h10-11,13,15-16H,6-9,12,14H2,1-5H3,(H2,21,22,23). The van der Waals surface area contributed by atoms with Gasteiger partial charge in [-0.15, -0.1) is 0 Å². The van der Waals surface area contributed by atoms with E-state index in [4.69, 9.17) is 9.47 Å². The van der Waals surface area contributed by atoms with Crippen molar-refractivity contribution in [1.29, 1.82) is 0 Å². The van der Waals surface area contributed by atoms with Gasteiger partial charge in [0.2, 0.25) is 0 Å². The third kappa shape index (κ3) is 5.53. The van der Waals surface area contributed by atoms with Crippen LogP contribution in [0.15, 0.2) is 23.2 Å². The molecule has 2 unspecified atom stereocenters. The molecular weight excluding hydrogens is 328 g/mol. The van der Waals surface area contributed by atoms with Crippen molar-refractivity contribution in [3.8, 4) is 11.5 Å². The number of hydrogen-bond donors (Lipinski definition) is 2. The highest BCUT2D eigenvalue weighted by Crippen LogP contribution is 2.30. The van der Waals surface area contributed by atoms with Crippen LogP contribution in [0.3, 0.4) is 0 Å². The smallest absolute Gasteiger partial charge is 0.195 e. The molecule has 0 amide bonds. The lowest BCUT2D eigenvalue weighted by molar-refractivity contribution is 0.116. The second-order valence-corrected chi connectivity index (χ2v) is 6.81. The molecule has 0 aromatic heterocycles. The molecule has 0 saturated carbocycles. The highest BCUT2D eigenvalue weighted by Gasteiger charge is 2.23. The molecular formula is C20H34N4O2. The van der Waals surface area contributed by atoms with Crippen LogP contribution in [0.2, 0.25) is 0 Å². The van der Waals surface area contributed by atoms with Crippen LogP contribution in [0, 0.1) is 0 Å². The number of ether oxygens (including phenoxy) is 2. The minimum Gasteiger partial charge on any atom is -0.493 e. The van der Waals surface area contributed by atoms with Gasteiger partial charge >= 0.3 is 0 Å². The largest absolute Gasteiger partial charge is 0.493 e. The van der Waals surface area contributed by atoms with Gasteiger partial charge in [-0.05, 0) is 52.3 Å². The molecule has 1 aromatic rings. The van der Waals surface area contributed by atoms with Gasteiger partial charge in [0.15, 0.2) is 17.5 Å². The predicted molar refractivity (Wildman–Crippen MR) is 109 cm³/mol. The highest BCUT2D eigenvalue weighted by molar-refractivity contribution is 5.93. The van der Waals surface area contributed by atoms with Crippen molar-refractivity contribution in [2.24, 2.45) is 4.99 Å². The number of hydrogen-bond acceptors (Lipinski definition) is 4. The number of methoxy groups -OCH3 is 1. The van der Waals surface area contributed by atoms with Crippen molar-refractivity contribution in [2.75, 3.05) is 39.2 Å². The summed E-state index contributed by atoms with van der Waals surface area (Å²) in [7, 11) is 3.44. The van der Waals surface area contributed by atoms with Crippen molar-refractivity contribution in [2.45, 2.75) is 52.1 Å². The Balaban J connectivity index is 1.94. The maximum absolute atomic E-state index is 5.64. The summed E-state index contributed by atoms with van der Waals surface area (Å²) in [6.07, 6.45) is 3.94. The molecule has 0 aliphatic carbocycles. The average Bonchev–Trinajstić information content (AvgIpc) is 2.65. The summed E-state index contributed by atoms with van der Waals surface area (Å²) in [5, 5.41) is 6.77. The molecule has 1 aromatic carbocycles.